The molecule has 7 heteroatoms. The minimum atomic E-state index is -1.01. The first-order valence-electron chi connectivity index (χ1n) is 6.03. The van der Waals surface area contributed by atoms with Gasteiger partial charge in [-0.2, -0.15) is 0 Å². The molecule has 0 atom stereocenters. The molecule has 0 aromatic carbocycles. The standard InChI is InChI=1S/C12H19N3O3S/c1-8(2)5-15(6-11(16)17)12(18)13-4-10-9(3)14-7-19-10/h7-8H,4-6H2,1-3H3,(H,13,18)(H,16,17). The molecule has 2 N–H and O–H groups in total. The van der Waals surface area contributed by atoms with Crippen molar-refractivity contribution in [2.75, 3.05) is 13.1 Å². The van der Waals surface area contributed by atoms with Crippen molar-refractivity contribution >= 4 is 23.3 Å². The molecule has 1 aromatic rings. The van der Waals surface area contributed by atoms with Crippen LogP contribution in [0, 0.1) is 12.8 Å². The predicted octanol–water partition coefficient (Wildman–Crippen LogP) is 1.70. The molecule has 1 rings (SSSR count). The van der Waals surface area contributed by atoms with E-state index in [1.54, 1.807) is 5.51 Å². The van der Waals surface area contributed by atoms with Gasteiger partial charge in [-0.15, -0.1) is 11.3 Å². The molecular weight excluding hydrogens is 266 g/mol. The number of carboxylic acid groups (broad SMARTS) is 1. The molecule has 2 amide bonds. The summed E-state index contributed by atoms with van der Waals surface area (Å²) in [4.78, 5) is 29.1. The summed E-state index contributed by atoms with van der Waals surface area (Å²) in [7, 11) is 0. The van der Waals surface area contributed by atoms with Crippen LogP contribution in [0.1, 0.15) is 24.4 Å². The van der Waals surface area contributed by atoms with Crippen LogP contribution in [0.3, 0.4) is 0 Å². The van der Waals surface area contributed by atoms with Crippen molar-refractivity contribution < 1.29 is 14.7 Å². The molecule has 0 radical (unpaired) electrons. The van der Waals surface area contributed by atoms with Crippen LogP contribution in [0.2, 0.25) is 0 Å². The highest BCUT2D eigenvalue weighted by Gasteiger charge is 2.17. The van der Waals surface area contributed by atoms with Gasteiger partial charge in [0.25, 0.3) is 0 Å². The van der Waals surface area contributed by atoms with Gasteiger partial charge in [0.2, 0.25) is 0 Å². The maximum Gasteiger partial charge on any atom is 0.323 e. The highest BCUT2D eigenvalue weighted by atomic mass is 32.1. The topological polar surface area (TPSA) is 82.5 Å². The number of urea groups is 1. The van der Waals surface area contributed by atoms with Gasteiger partial charge in [0.1, 0.15) is 6.54 Å². The quantitative estimate of drug-likeness (QED) is 0.833. The fraction of sp³-hybridized carbons (Fsp3) is 0.583. The number of aliphatic carboxylic acids is 1. The molecule has 19 heavy (non-hydrogen) atoms. The molecule has 6 nitrogen and oxygen atoms in total. The van der Waals surface area contributed by atoms with Crippen molar-refractivity contribution in [3.8, 4) is 0 Å². The fourth-order valence-corrected chi connectivity index (χ4v) is 2.30. The van der Waals surface area contributed by atoms with E-state index in [1.165, 1.54) is 16.2 Å². The molecule has 1 heterocycles. The average molecular weight is 285 g/mol. The van der Waals surface area contributed by atoms with Crippen molar-refractivity contribution in [2.45, 2.75) is 27.3 Å². The lowest BCUT2D eigenvalue weighted by Gasteiger charge is -2.22. The van der Waals surface area contributed by atoms with Crippen molar-refractivity contribution in [2.24, 2.45) is 5.92 Å². The second-order valence-electron chi connectivity index (χ2n) is 4.69. The van der Waals surface area contributed by atoms with Crippen molar-refractivity contribution in [1.82, 2.24) is 15.2 Å². The molecule has 0 aliphatic rings. The SMILES string of the molecule is Cc1ncsc1CNC(=O)N(CC(=O)O)CC(C)C. The zero-order valence-electron chi connectivity index (χ0n) is 11.3. The number of hydrogen-bond acceptors (Lipinski definition) is 4. The maximum atomic E-state index is 12.0. The second kappa shape index (κ2) is 7.08. The zero-order valence-corrected chi connectivity index (χ0v) is 12.2. The Hall–Kier alpha value is -1.63. The molecule has 0 bridgehead atoms. The van der Waals surface area contributed by atoms with E-state index in [0.717, 1.165) is 10.6 Å². The number of nitrogens with zero attached hydrogens (tertiary/aromatic N) is 2. The number of amides is 2. The first-order valence-corrected chi connectivity index (χ1v) is 6.91. The lowest BCUT2D eigenvalue weighted by atomic mass is 10.2. The molecule has 0 saturated carbocycles. The Morgan fingerprint density at radius 2 is 2.21 bits per heavy atom. The summed E-state index contributed by atoms with van der Waals surface area (Å²) in [6, 6.07) is -0.357. The van der Waals surface area contributed by atoms with Crippen LogP contribution in [0.15, 0.2) is 5.51 Å². The van der Waals surface area contributed by atoms with E-state index in [0.29, 0.717) is 13.1 Å². The van der Waals surface area contributed by atoms with Gasteiger partial charge in [0.15, 0.2) is 0 Å². The maximum absolute atomic E-state index is 12.0. The molecule has 0 aliphatic heterocycles. The number of aryl methyl sites for hydroxylation is 1. The first kappa shape index (κ1) is 15.4. The van der Waals surface area contributed by atoms with Crippen LogP contribution in [0.5, 0.6) is 0 Å². The number of carboxylic acids is 1. The number of hydrogen-bond donors (Lipinski definition) is 2. The van der Waals surface area contributed by atoms with Gasteiger partial charge in [0, 0.05) is 11.4 Å². The largest absolute Gasteiger partial charge is 0.480 e. The highest BCUT2D eigenvalue weighted by molar-refractivity contribution is 7.09. The number of carbonyl (C=O) groups is 2. The van der Waals surface area contributed by atoms with Gasteiger partial charge in [0.05, 0.1) is 17.7 Å². The molecule has 0 spiro atoms. The molecule has 0 fully saturated rings. The molecular formula is C12H19N3O3S. The summed E-state index contributed by atoms with van der Waals surface area (Å²) in [5, 5.41) is 11.5. The lowest BCUT2D eigenvalue weighted by Crippen LogP contribution is -2.44. The Balaban J connectivity index is 2.56. The zero-order chi connectivity index (χ0) is 14.4. The van der Waals surface area contributed by atoms with Crippen molar-refractivity contribution in [1.29, 1.82) is 0 Å². The van der Waals surface area contributed by atoms with Crippen LogP contribution in [-0.4, -0.2) is 40.1 Å². The van der Waals surface area contributed by atoms with Gasteiger partial charge < -0.3 is 15.3 Å². The Morgan fingerprint density at radius 1 is 1.53 bits per heavy atom. The monoisotopic (exact) mass is 285 g/mol. The van der Waals surface area contributed by atoms with Gasteiger partial charge in [-0.25, -0.2) is 9.78 Å². The van der Waals surface area contributed by atoms with Gasteiger partial charge >= 0.3 is 12.0 Å². The normalized spacial score (nSPS) is 10.5. The van der Waals surface area contributed by atoms with E-state index in [2.05, 4.69) is 10.3 Å². The Labute approximate surface area is 116 Å². The van der Waals surface area contributed by atoms with Crippen molar-refractivity contribution in [3.63, 3.8) is 0 Å². The van der Waals surface area contributed by atoms with E-state index in [1.807, 2.05) is 20.8 Å². The van der Waals surface area contributed by atoms with Crippen LogP contribution >= 0.6 is 11.3 Å². The summed E-state index contributed by atoms with van der Waals surface area (Å²) in [6.07, 6.45) is 0. The summed E-state index contributed by atoms with van der Waals surface area (Å²) < 4.78 is 0. The molecule has 106 valence electrons. The third-order valence-corrected chi connectivity index (χ3v) is 3.38. The van der Waals surface area contributed by atoms with Crippen LogP contribution in [0.25, 0.3) is 0 Å². The van der Waals surface area contributed by atoms with E-state index >= 15 is 0 Å². The summed E-state index contributed by atoms with van der Waals surface area (Å²) in [5.74, 6) is -0.792. The third kappa shape index (κ3) is 5.25. The average Bonchev–Trinajstić information content (AvgIpc) is 2.69. The second-order valence-corrected chi connectivity index (χ2v) is 5.63. The molecule has 0 aliphatic carbocycles. The van der Waals surface area contributed by atoms with Gasteiger partial charge in [-0.05, 0) is 12.8 Å². The first-order chi connectivity index (χ1) is 8.90. The predicted molar refractivity (Wildman–Crippen MR) is 73.1 cm³/mol. The molecule has 1 aromatic heterocycles. The van der Waals surface area contributed by atoms with Crippen LogP contribution < -0.4 is 5.32 Å². The van der Waals surface area contributed by atoms with Crippen molar-refractivity contribution in [3.05, 3.63) is 16.1 Å². The van der Waals surface area contributed by atoms with E-state index in [-0.39, 0.29) is 18.5 Å². The number of aromatic nitrogens is 1. The summed E-state index contributed by atoms with van der Waals surface area (Å²) in [5.41, 5.74) is 2.61. The number of thiazole rings is 1. The summed E-state index contributed by atoms with van der Waals surface area (Å²) in [6.45, 7) is 6.26. The number of carbonyl (C=O) groups excluding carboxylic acids is 1. The smallest absolute Gasteiger partial charge is 0.323 e. The molecule has 0 unspecified atom stereocenters. The highest BCUT2D eigenvalue weighted by Crippen LogP contribution is 2.11. The Bertz CT molecular complexity index is 445. The van der Waals surface area contributed by atoms with Crippen LogP contribution in [-0.2, 0) is 11.3 Å². The van der Waals surface area contributed by atoms with Gasteiger partial charge in [-0.3, -0.25) is 4.79 Å². The Morgan fingerprint density at radius 3 is 2.68 bits per heavy atom. The number of nitrogens with one attached hydrogen (secondary N) is 1. The van der Waals surface area contributed by atoms with E-state index in [9.17, 15) is 9.59 Å². The number of rotatable bonds is 6. The van der Waals surface area contributed by atoms with E-state index in [4.69, 9.17) is 5.11 Å². The molecule has 0 saturated heterocycles. The van der Waals surface area contributed by atoms with E-state index < -0.39 is 5.97 Å². The minimum Gasteiger partial charge on any atom is -0.480 e. The minimum absolute atomic E-state index is 0.218. The Kier molecular flexibility index (Phi) is 5.75. The fourth-order valence-electron chi connectivity index (χ4n) is 1.59. The third-order valence-electron chi connectivity index (χ3n) is 2.44. The van der Waals surface area contributed by atoms with Crippen LogP contribution in [0.4, 0.5) is 4.79 Å². The van der Waals surface area contributed by atoms with Gasteiger partial charge in [-0.1, -0.05) is 13.8 Å². The lowest BCUT2D eigenvalue weighted by molar-refractivity contribution is -0.137. The summed E-state index contributed by atoms with van der Waals surface area (Å²) >= 11 is 1.47.